The molecule has 0 fully saturated rings. The molecule has 0 saturated heterocycles. The molecule has 0 saturated carbocycles. The van der Waals surface area contributed by atoms with Gasteiger partial charge < -0.3 is 9.57 Å². The Balaban J connectivity index is 3.99. The molecule has 0 radical (unpaired) electrons. The van der Waals surface area contributed by atoms with Gasteiger partial charge in [-0.05, 0) is 6.42 Å². The average Bonchev–Trinajstić information content (AvgIpc) is 2.03. The minimum Gasteiger partial charge on any atom is -0.393 e. The van der Waals surface area contributed by atoms with E-state index in [1.54, 1.807) is 7.11 Å². The monoisotopic (exact) mass is 158 g/mol. The van der Waals surface area contributed by atoms with Gasteiger partial charge in [0.25, 0.3) is 0 Å². The lowest BCUT2D eigenvalue weighted by molar-refractivity contribution is 0.205. The molecule has 0 aromatic carbocycles. The number of methoxy groups -OCH3 is 1. The normalized spacial score (nSPS) is 11.4. The van der Waals surface area contributed by atoms with Crippen LogP contribution in [0.2, 0.25) is 0 Å². The third-order valence-electron chi connectivity index (χ3n) is 1.09. The van der Waals surface area contributed by atoms with Crippen LogP contribution in [-0.2, 0) is 9.57 Å². The van der Waals surface area contributed by atoms with Crippen LogP contribution in [0.4, 0.5) is 0 Å². The summed E-state index contributed by atoms with van der Waals surface area (Å²) in [7, 11) is 1.54. The van der Waals surface area contributed by atoms with E-state index in [0.29, 0.717) is 5.90 Å². The summed E-state index contributed by atoms with van der Waals surface area (Å²) in [6, 6.07) is 0. The molecule has 0 amide bonds. The first kappa shape index (κ1) is 10.1. The molecule has 0 aliphatic heterocycles. The number of rotatable bonds is 4. The Morgan fingerprint density at radius 2 is 2.27 bits per heavy atom. The van der Waals surface area contributed by atoms with E-state index < -0.39 is 0 Å². The van der Waals surface area contributed by atoms with Gasteiger partial charge in [0.2, 0.25) is 5.90 Å². The molecule has 11 heavy (non-hydrogen) atoms. The molecule has 0 aliphatic rings. The summed E-state index contributed by atoms with van der Waals surface area (Å²) in [6.07, 6.45) is 0.774. The molecule has 0 aliphatic carbocycles. The molecule has 4 nitrogen and oxygen atoms in total. The van der Waals surface area contributed by atoms with Crippen molar-refractivity contribution in [2.24, 2.45) is 10.9 Å². The van der Waals surface area contributed by atoms with Crippen LogP contribution < -0.4 is 5.90 Å². The Labute approximate surface area is 66.7 Å². The van der Waals surface area contributed by atoms with Crippen molar-refractivity contribution in [2.75, 3.05) is 13.7 Å². The molecule has 0 atom stereocenters. The maximum atomic E-state index is 4.91. The second-order valence-electron chi connectivity index (χ2n) is 1.98. The zero-order valence-corrected chi connectivity index (χ0v) is 6.96. The number of hydrogen-bond donors (Lipinski definition) is 1. The van der Waals surface area contributed by atoms with Crippen molar-refractivity contribution < 1.29 is 9.57 Å². The molecular formula is C7H14N2O2. The van der Waals surface area contributed by atoms with Gasteiger partial charge in [0.1, 0.15) is 6.61 Å². The minimum atomic E-state index is 0.273. The van der Waals surface area contributed by atoms with Crippen molar-refractivity contribution in [1.29, 1.82) is 0 Å². The second-order valence-corrected chi connectivity index (χ2v) is 1.98. The zero-order chi connectivity index (χ0) is 8.69. The van der Waals surface area contributed by atoms with E-state index in [2.05, 4.69) is 16.4 Å². The molecule has 4 heteroatoms. The molecule has 0 rings (SSSR count). The number of aliphatic imine (C=N–C) groups is 1. The van der Waals surface area contributed by atoms with Crippen LogP contribution in [0.3, 0.4) is 0 Å². The van der Waals surface area contributed by atoms with Gasteiger partial charge in [-0.15, -0.1) is 0 Å². The van der Waals surface area contributed by atoms with E-state index in [4.69, 9.17) is 10.6 Å². The van der Waals surface area contributed by atoms with Gasteiger partial charge in [-0.2, -0.15) is 5.90 Å². The number of hydrogen-bond acceptors (Lipinski definition) is 4. The predicted molar refractivity (Wildman–Crippen MR) is 44.0 cm³/mol. The van der Waals surface area contributed by atoms with Crippen LogP contribution >= 0.6 is 0 Å². The van der Waals surface area contributed by atoms with Crippen LogP contribution in [0.15, 0.2) is 17.3 Å². The summed E-state index contributed by atoms with van der Waals surface area (Å²) in [6.45, 7) is 5.89. The van der Waals surface area contributed by atoms with Crippen LogP contribution in [0.25, 0.3) is 0 Å². The highest BCUT2D eigenvalue weighted by atomic mass is 16.6. The largest absolute Gasteiger partial charge is 0.393 e. The SMILES string of the molecule is C=C(CC)N=C(COC)ON. The lowest BCUT2D eigenvalue weighted by atomic mass is 10.4. The van der Waals surface area contributed by atoms with Crippen molar-refractivity contribution in [1.82, 2.24) is 0 Å². The topological polar surface area (TPSA) is 56.8 Å². The van der Waals surface area contributed by atoms with E-state index >= 15 is 0 Å². The van der Waals surface area contributed by atoms with Crippen molar-refractivity contribution in [3.05, 3.63) is 12.3 Å². The van der Waals surface area contributed by atoms with Gasteiger partial charge in [0.05, 0.1) is 0 Å². The highest BCUT2D eigenvalue weighted by molar-refractivity contribution is 5.78. The van der Waals surface area contributed by atoms with Gasteiger partial charge >= 0.3 is 0 Å². The van der Waals surface area contributed by atoms with Gasteiger partial charge in [0, 0.05) is 12.8 Å². The summed E-state index contributed by atoms with van der Waals surface area (Å²) in [4.78, 5) is 8.38. The van der Waals surface area contributed by atoms with E-state index in [9.17, 15) is 0 Å². The van der Waals surface area contributed by atoms with Gasteiger partial charge in [-0.1, -0.05) is 13.5 Å². The van der Waals surface area contributed by atoms with Crippen LogP contribution in [0.5, 0.6) is 0 Å². The summed E-state index contributed by atoms with van der Waals surface area (Å²) in [5, 5.41) is 0. The first-order valence-corrected chi connectivity index (χ1v) is 3.35. The molecule has 0 heterocycles. The fourth-order valence-corrected chi connectivity index (χ4v) is 0.472. The first-order chi connectivity index (χ1) is 5.24. The van der Waals surface area contributed by atoms with Crippen molar-refractivity contribution in [3.63, 3.8) is 0 Å². The zero-order valence-electron chi connectivity index (χ0n) is 6.96. The highest BCUT2D eigenvalue weighted by Crippen LogP contribution is 1.98. The summed E-state index contributed by atoms with van der Waals surface area (Å²) in [5.74, 6) is 5.26. The molecule has 2 N–H and O–H groups in total. The number of nitrogens with two attached hydrogens (primary N) is 1. The first-order valence-electron chi connectivity index (χ1n) is 3.35. The summed E-state index contributed by atoms with van der Waals surface area (Å²) >= 11 is 0. The second kappa shape index (κ2) is 5.88. The number of nitrogens with zero attached hydrogens (tertiary/aromatic N) is 1. The maximum absolute atomic E-state index is 4.91. The standard InChI is InChI=1S/C7H14N2O2/c1-4-6(2)9-7(11-8)5-10-3/h2,4-5,8H2,1,3H3. The van der Waals surface area contributed by atoms with Crippen molar-refractivity contribution in [2.45, 2.75) is 13.3 Å². The third-order valence-corrected chi connectivity index (χ3v) is 1.09. The minimum absolute atomic E-state index is 0.273. The van der Waals surface area contributed by atoms with Gasteiger partial charge in [-0.25, -0.2) is 4.99 Å². The van der Waals surface area contributed by atoms with Crippen molar-refractivity contribution in [3.8, 4) is 0 Å². The van der Waals surface area contributed by atoms with Crippen LogP contribution in [0.1, 0.15) is 13.3 Å². The van der Waals surface area contributed by atoms with Gasteiger partial charge in [-0.3, -0.25) is 0 Å². The van der Waals surface area contributed by atoms with E-state index in [1.165, 1.54) is 0 Å². The maximum Gasteiger partial charge on any atom is 0.239 e. The van der Waals surface area contributed by atoms with Crippen molar-refractivity contribution >= 4 is 5.90 Å². The molecule has 0 bridgehead atoms. The predicted octanol–water partition coefficient (Wildman–Crippen LogP) is 0.845. The molecule has 0 spiro atoms. The van der Waals surface area contributed by atoms with E-state index in [1.807, 2.05) is 6.92 Å². The van der Waals surface area contributed by atoms with Crippen LogP contribution in [0, 0.1) is 0 Å². The molecule has 0 aromatic rings. The summed E-state index contributed by atoms with van der Waals surface area (Å²) in [5.41, 5.74) is 0.725. The third kappa shape index (κ3) is 4.52. The smallest absolute Gasteiger partial charge is 0.239 e. The molecule has 0 unspecified atom stereocenters. The Bertz CT molecular complexity index is 155. The number of ether oxygens (including phenoxy) is 1. The van der Waals surface area contributed by atoms with Gasteiger partial charge in [0.15, 0.2) is 0 Å². The Hall–Kier alpha value is -0.870. The average molecular weight is 158 g/mol. The summed E-state index contributed by atoms with van der Waals surface area (Å²) < 4.78 is 4.76. The molecule has 0 aromatic heterocycles. The quantitative estimate of drug-likeness (QED) is 0.375. The highest BCUT2D eigenvalue weighted by Gasteiger charge is 1.97. The van der Waals surface area contributed by atoms with E-state index in [-0.39, 0.29) is 6.61 Å². The van der Waals surface area contributed by atoms with Crippen LogP contribution in [-0.4, -0.2) is 19.6 Å². The van der Waals surface area contributed by atoms with E-state index in [0.717, 1.165) is 12.1 Å². The molecular weight excluding hydrogens is 144 g/mol. The fraction of sp³-hybridized carbons (Fsp3) is 0.571. The Morgan fingerprint density at radius 3 is 2.64 bits per heavy atom. The lowest BCUT2D eigenvalue weighted by Gasteiger charge is -2.02. The molecule has 64 valence electrons. The number of allylic oxidation sites excluding steroid dienone is 1. The Morgan fingerprint density at radius 1 is 1.64 bits per heavy atom. The fourth-order valence-electron chi connectivity index (χ4n) is 0.472. The lowest BCUT2D eigenvalue weighted by Crippen LogP contribution is -2.16. The Kier molecular flexibility index (Phi) is 5.42.